The second-order valence-corrected chi connectivity index (χ2v) is 12.9. The van der Waals surface area contributed by atoms with Crippen molar-refractivity contribution in [1.29, 1.82) is 0 Å². The van der Waals surface area contributed by atoms with Gasteiger partial charge in [-0.2, -0.15) is 9.97 Å². The van der Waals surface area contributed by atoms with Crippen LogP contribution in [0.3, 0.4) is 0 Å². The first-order valence-electron chi connectivity index (χ1n) is 16.2. The molecule has 0 atom stereocenters. The highest BCUT2D eigenvalue weighted by atomic mass is 32.1. The summed E-state index contributed by atoms with van der Waals surface area (Å²) >= 11 is 1.58. The van der Waals surface area contributed by atoms with E-state index in [4.69, 9.17) is 44.9 Å². The predicted molar refractivity (Wildman–Crippen MR) is 199 cm³/mol. The minimum Gasteiger partial charge on any atom is -0.292 e. The van der Waals surface area contributed by atoms with Crippen molar-refractivity contribution >= 4 is 75.9 Å². The molecule has 0 aliphatic rings. The highest BCUT2D eigenvalue weighted by molar-refractivity contribution is 7.26. The summed E-state index contributed by atoms with van der Waals surface area (Å²) in [5, 5.41) is 2.70. The van der Waals surface area contributed by atoms with Crippen LogP contribution in [0, 0.1) is 0 Å². The Kier molecular flexibility index (Phi) is 5.86. The predicted octanol–water partition coefficient (Wildman–Crippen LogP) is 8.14. The Morgan fingerprint density at radius 2 is 0.922 bits per heavy atom. The van der Waals surface area contributed by atoms with E-state index < -0.39 is 0 Å². The zero-order chi connectivity index (χ0) is 33.5. The molecular weight excluding hydrogens is 655 g/mol. The van der Waals surface area contributed by atoms with E-state index >= 15 is 0 Å². The van der Waals surface area contributed by atoms with Crippen molar-refractivity contribution in [3.8, 4) is 34.4 Å². The lowest BCUT2D eigenvalue weighted by Gasteiger charge is -2.11. The molecular formula is C39H21N11S. The van der Waals surface area contributed by atoms with Crippen LogP contribution in [0.2, 0.25) is 0 Å². The maximum absolute atomic E-state index is 5.16. The van der Waals surface area contributed by atoms with Gasteiger partial charge in [0.15, 0.2) is 22.9 Å². The van der Waals surface area contributed by atoms with E-state index in [2.05, 4.69) is 16.7 Å². The van der Waals surface area contributed by atoms with Gasteiger partial charge in [-0.05, 0) is 12.1 Å². The van der Waals surface area contributed by atoms with Crippen molar-refractivity contribution in [3.05, 3.63) is 128 Å². The van der Waals surface area contributed by atoms with E-state index in [-0.39, 0.29) is 0 Å². The van der Waals surface area contributed by atoms with Crippen LogP contribution in [0.15, 0.2) is 128 Å². The molecule has 0 aliphatic heterocycles. The lowest BCUT2D eigenvalue weighted by Crippen LogP contribution is -2.07. The average molecular weight is 676 g/mol. The van der Waals surface area contributed by atoms with Gasteiger partial charge in [0.05, 0.1) is 21.1 Å². The fourth-order valence-corrected chi connectivity index (χ4v) is 8.21. The lowest BCUT2D eigenvalue weighted by molar-refractivity contribution is 0.944. The van der Waals surface area contributed by atoms with Gasteiger partial charge >= 0.3 is 0 Å². The molecule has 51 heavy (non-hydrogen) atoms. The zero-order valence-corrected chi connectivity index (χ0v) is 27.3. The van der Waals surface area contributed by atoms with Crippen LogP contribution in [0.1, 0.15) is 0 Å². The third-order valence-corrected chi connectivity index (χ3v) is 10.2. The van der Waals surface area contributed by atoms with E-state index in [0.717, 1.165) is 64.6 Å². The van der Waals surface area contributed by atoms with Crippen LogP contribution < -0.4 is 0 Å². The van der Waals surface area contributed by atoms with E-state index in [1.54, 1.807) is 48.5 Å². The smallest absolute Gasteiger partial charge is 0.240 e. The van der Waals surface area contributed by atoms with Crippen molar-refractivity contribution in [2.45, 2.75) is 0 Å². The summed E-state index contributed by atoms with van der Waals surface area (Å²) in [5.74, 6) is 1.49. The molecule has 0 spiro atoms. The Bertz CT molecular complexity index is 3080. The number of fused-ring (bicyclic) bond motifs is 12. The van der Waals surface area contributed by atoms with Gasteiger partial charge in [-0.3, -0.25) is 24.1 Å². The largest absolute Gasteiger partial charge is 0.292 e. The number of thiophene rings is 1. The minimum atomic E-state index is 0.408. The Morgan fingerprint density at radius 3 is 1.57 bits per heavy atom. The molecule has 0 amide bonds. The topological polar surface area (TPSA) is 126 Å². The molecule has 7 heterocycles. The normalized spacial score (nSPS) is 11.9. The molecule has 0 N–H and O–H groups in total. The number of nitrogens with zero attached hydrogens (tertiary/aromatic N) is 11. The summed E-state index contributed by atoms with van der Waals surface area (Å²) in [6, 6.07) is 30.1. The van der Waals surface area contributed by atoms with Crippen molar-refractivity contribution in [2.75, 3.05) is 0 Å². The Labute approximate surface area is 291 Å². The maximum atomic E-state index is 5.16. The molecule has 0 fully saturated rings. The van der Waals surface area contributed by atoms with Crippen molar-refractivity contribution < 1.29 is 0 Å². The molecule has 12 heteroatoms. The first kappa shape index (κ1) is 27.9. The zero-order valence-electron chi connectivity index (χ0n) is 26.5. The standard InChI is InChI=1S/C39H21N11S/c1-4-10-22(11-5-1)34-46-35(23-12-6-2-7-13-23)48-39(47-34)50-32-25-28-36(43-19-16-40-28)49(24-14-8-3-9-15-24)31(25)27-30-38(45-21-18-42-30)51-33(27)26(32)29-37(50)44-20-17-41-29/h1-21H. The molecule has 0 radical (unpaired) electrons. The second kappa shape index (κ2) is 10.7. The van der Waals surface area contributed by atoms with Crippen LogP contribution in [0.4, 0.5) is 0 Å². The summed E-state index contributed by atoms with van der Waals surface area (Å²) in [4.78, 5) is 45.6. The monoisotopic (exact) mass is 675 g/mol. The lowest BCUT2D eigenvalue weighted by atomic mass is 10.1. The van der Waals surface area contributed by atoms with Gasteiger partial charge in [0.1, 0.15) is 21.4 Å². The summed E-state index contributed by atoms with van der Waals surface area (Å²) in [7, 11) is 0. The van der Waals surface area contributed by atoms with Gasteiger partial charge < -0.3 is 0 Å². The highest BCUT2D eigenvalue weighted by Crippen LogP contribution is 2.49. The molecule has 0 bridgehead atoms. The highest BCUT2D eigenvalue weighted by Gasteiger charge is 2.30. The number of hydrogen-bond acceptors (Lipinski definition) is 10. The van der Waals surface area contributed by atoms with Crippen LogP contribution in [0.25, 0.3) is 99.0 Å². The van der Waals surface area contributed by atoms with Crippen molar-refractivity contribution in [1.82, 2.24) is 54.0 Å². The third kappa shape index (κ3) is 4.01. The fourth-order valence-electron chi connectivity index (χ4n) is 7.06. The van der Waals surface area contributed by atoms with Gasteiger partial charge in [0, 0.05) is 64.8 Å². The minimum absolute atomic E-state index is 0.408. The molecule has 11 rings (SSSR count). The molecule has 0 saturated heterocycles. The van der Waals surface area contributed by atoms with Gasteiger partial charge in [0.2, 0.25) is 5.95 Å². The van der Waals surface area contributed by atoms with E-state index in [1.807, 2.05) is 83.4 Å². The van der Waals surface area contributed by atoms with Crippen LogP contribution in [0.5, 0.6) is 0 Å². The van der Waals surface area contributed by atoms with Crippen molar-refractivity contribution in [2.24, 2.45) is 0 Å². The molecule has 238 valence electrons. The van der Waals surface area contributed by atoms with Gasteiger partial charge in [-0.1, -0.05) is 78.9 Å². The fraction of sp³-hybridized carbons (Fsp3) is 0. The van der Waals surface area contributed by atoms with E-state index in [9.17, 15) is 0 Å². The summed E-state index contributed by atoms with van der Waals surface area (Å²) in [6.07, 6.45) is 10.3. The van der Waals surface area contributed by atoms with Gasteiger partial charge in [0.25, 0.3) is 0 Å². The number of benzene rings is 4. The molecule has 0 aliphatic carbocycles. The molecule has 11 aromatic rings. The average Bonchev–Trinajstić information content (AvgIpc) is 3.87. The number of aromatic nitrogens is 11. The quantitative estimate of drug-likeness (QED) is 0.182. The number of hydrogen-bond donors (Lipinski definition) is 0. The molecule has 0 saturated carbocycles. The number of rotatable bonds is 4. The Morgan fingerprint density at radius 1 is 0.431 bits per heavy atom. The Balaban J connectivity index is 1.41. The molecule has 11 nitrogen and oxygen atoms in total. The number of para-hydroxylation sites is 1. The van der Waals surface area contributed by atoms with E-state index in [1.165, 1.54) is 0 Å². The molecule has 4 aromatic carbocycles. The first-order valence-corrected chi connectivity index (χ1v) is 17.0. The van der Waals surface area contributed by atoms with E-state index in [0.29, 0.717) is 34.4 Å². The molecule has 0 unspecified atom stereocenters. The van der Waals surface area contributed by atoms with Crippen LogP contribution >= 0.6 is 11.3 Å². The second-order valence-electron chi connectivity index (χ2n) is 11.9. The van der Waals surface area contributed by atoms with Gasteiger partial charge in [-0.25, -0.2) is 19.9 Å². The van der Waals surface area contributed by atoms with Crippen molar-refractivity contribution in [3.63, 3.8) is 0 Å². The van der Waals surface area contributed by atoms with Crippen LogP contribution in [-0.4, -0.2) is 54.0 Å². The summed E-state index contributed by atoms with van der Waals surface area (Å²) in [6.45, 7) is 0. The molecule has 7 aromatic heterocycles. The first-order chi connectivity index (χ1) is 25.3. The Hall–Kier alpha value is -7.05. The maximum Gasteiger partial charge on any atom is 0.240 e. The summed E-state index contributed by atoms with van der Waals surface area (Å²) < 4.78 is 5.15. The summed E-state index contributed by atoms with van der Waals surface area (Å²) in [5.41, 5.74) is 7.93. The SMILES string of the molecule is c1ccc(-c2nc(-c3ccccc3)nc(-n3c4nccnc4c4c5sc6nccnc6c5c5c(c6nccnc6n5-c5ccccc5)c43)n2)cc1. The van der Waals surface area contributed by atoms with Gasteiger partial charge in [-0.15, -0.1) is 11.3 Å². The van der Waals surface area contributed by atoms with Crippen LogP contribution in [-0.2, 0) is 0 Å². The third-order valence-electron chi connectivity index (χ3n) is 9.11.